The highest BCUT2D eigenvalue weighted by Crippen LogP contribution is 2.78. The van der Waals surface area contributed by atoms with Crippen molar-refractivity contribution in [2.24, 2.45) is 85.8 Å². The molecule has 1 heterocycles. The summed E-state index contributed by atoms with van der Waals surface area (Å²) >= 11 is 0. The highest BCUT2D eigenvalue weighted by Gasteiger charge is 2.71. The molecule has 0 bridgehead atoms. The molecule has 1 N–H and O–H groups in total. The number of Topliss-reactive ketones (excluding diaryl/α,β-unsaturated/α-hetero) is 1. The predicted octanol–water partition coefficient (Wildman–Crippen LogP) is 9.72. The summed E-state index contributed by atoms with van der Waals surface area (Å²) in [6, 6.07) is 0. The van der Waals surface area contributed by atoms with E-state index in [9.17, 15) is 14.7 Å². The van der Waals surface area contributed by atoms with Crippen LogP contribution in [-0.4, -0.2) is 40.9 Å². The van der Waals surface area contributed by atoms with E-state index in [4.69, 9.17) is 0 Å². The molecule has 7 saturated carbocycles. The summed E-state index contributed by atoms with van der Waals surface area (Å²) in [5.41, 5.74) is 1.08. The zero-order valence-corrected chi connectivity index (χ0v) is 32.2. The van der Waals surface area contributed by atoms with Crippen molar-refractivity contribution in [3.63, 3.8) is 0 Å². The van der Waals surface area contributed by atoms with Crippen LogP contribution in [0.2, 0.25) is 0 Å². The highest BCUT2D eigenvalue weighted by molar-refractivity contribution is 5.84. The second-order valence-corrected chi connectivity index (χ2v) is 21.8. The lowest BCUT2D eigenvalue weighted by molar-refractivity contribution is -0.247. The molecular formula is C44H71NO3. The number of rotatable bonds is 5. The molecule has 1 aliphatic heterocycles. The van der Waals surface area contributed by atoms with Gasteiger partial charge in [-0.3, -0.25) is 9.59 Å². The van der Waals surface area contributed by atoms with Crippen molar-refractivity contribution < 1.29 is 14.7 Å². The minimum atomic E-state index is -0.187. The largest absolute Gasteiger partial charge is 0.393 e. The van der Waals surface area contributed by atoms with Gasteiger partial charge in [-0.2, -0.15) is 0 Å². The van der Waals surface area contributed by atoms with Gasteiger partial charge in [-0.15, -0.1) is 0 Å². The van der Waals surface area contributed by atoms with Gasteiger partial charge in [-0.1, -0.05) is 55.4 Å². The predicted molar refractivity (Wildman–Crippen MR) is 193 cm³/mol. The minimum Gasteiger partial charge on any atom is -0.393 e. The average molecular weight is 662 g/mol. The first-order chi connectivity index (χ1) is 22.5. The third-order valence-electron chi connectivity index (χ3n) is 19.5. The van der Waals surface area contributed by atoms with Gasteiger partial charge in [0.15, 0.2) is 0 Å². The van der Waals surface area contributed by atoms with Gasteiger partial charge in [0.25, 0.3) is 0 Å². The van der Waals surface area contributed by atoms with Crippen LogP contribution in [0.15, 0.2) is 0 Å². The van der Waals surface area contributed by atoms with E-state index in [1.54, 1.807) is 0 Å². The lowest BCUT2D eigenvalue weighted by Gasteiger charge is -2.72. The molecule has 1 amide bonds. The van der Waals surface area contributed by atoms with Crippen LogP contribution in [-0.2, 0) is 9.59 Å². The van der Waals surface area contributed by atoms with Gasteiger partial charge < -0.3 is 10.0 Å². The van der Waals surface area contributed by atoms with Crippen molar-refractivity contribution in [1.29, 1.82) is 0 Å². The summed E-state index contributed by atoms with van der Waals surface area (Å²) in [5, 5.41) is 11.2. The van der Waals surface area contributed by atoms with E-state index in [-0.39, 0.29) is 45.0 Å². The van der Waals surface area contributed by atoms with Crippen LogP contribution in [0.4, 0.5) is 0 Å². The van der Waals surface area contributed by atoms with Gasteiger partial charge in [-0.05, 0) is 170 Å². The Bertz CT molecular complexity index is 1310. The van der Waals surface area contributed by atoms with Gasteiger partial charge in [0.1, 0.15) is 5.78 Å². The second kappa shape index (κ2) is 11.1. The molecule has 0 aromatic rings. The summed E-state index contributed by atoms with van der Waals surface area (Å²) in [6.45, 7) is 21.8. The van der Waals surface area contributed by atoms with E-state index in [2.05, 4.69) is 60.3 Å². The number of fused-ring (bicyclic) bond motifs is 7. The molecule has 0 radical (unpaired) electrons. The summed E-state index contributed by atoms with van der Waals surface area (Å²) in [4.78, 5) is 30.7. The molecule has 0 aromatic carbocycles. The Morgan fingerprint density at radius 3 is 2.06 bits per heavy atom. The topological polar surface area (TPSA) is 57.6 Å². The Kier molecular flexibility index (Phi) is 7.88. The molecule has 2 unspecified atom stereocenters. The van der Waals surface area contributed by atoms with Crippen molar-refractivity contribution in [2.45, 2.75) is 164 Å². The van der Waals surface area contributed by atoms with E-state index >= 15 is 0 Å². The fraction of sp³-hybridized carbons (Fsp3) is 0.955. The molecule has 7 aliphatic carbocycles. The Hall–Kier alpha value is -0.900. The standard InChI is InChI=1S/C44H71NO3/c1-39(2)27(24-32(39)38(48)45-22-10-9-11-23-45)25-33(46)29-26-44(8)31(37-28(29)12-13-30(37)41(5)20-21-41)14-15-35-42(6)18-17-36(47)40(3,4)34(42)16-19-43(35,44)7/h27-32,34-37,47H,9-26H2,1-8H3/t27-,28?,29-,30+,31+,32+,34-,35+,36-,37?,42-,43+,44+/m0/s1. The molecule has 13 atom stereocenters. The van der Waals surface area contributed by atoms with Crippen LogP contribution in [0.25, 0.3) is 0 Å². The maximum absolute atomic E-state index is 15.0. The molecular weight excluding hydrogens is 590 g/mol. The smallest absolute Gasteiger partial charge is 0.226 e. The van der Waals surface area contributed by atoms with E-state index < -0.39 is 0 Å². The van der Waals surface area contributed by atoms with Crippen molar-refractivity contribution in [3.05, 3.63) is 0 Å². The molecule has 4 nitrogen and oxygen atoms in total. The average Bonchev–Trinajstić information content (AvgIpc) is 3.63. The third-order valence-corrected chi connectivity index (χ3v) is 19.5. The summed E-state index contributed by atoms with van der Waals surface area (Å²) in [7, 11) is 0. The molecule has 0 aromatic heterocycles. The SMILES string of the molecule is CC1([C@@H]2CCC3C2[C@H]2CC[C@@H]4[C@@]5(C)CC[C@H](O)C(C)(C)[C@@H]5CC[C@@]4(C)[C@]2(C)C[C@@H]3C(=O)C[C@@H]2C[C@H](C(=O)N3CCCCC3)C2(C)C)CC1. The number of hydrogen-bond donors (Lipinski definition) is 1. The molecule has 48 heavy (non-hydrogen) atoms. The fourth-order valence-electron chi connectivity index (χ4n) is 15.9. The van der Waals surface area contributed by atoms with Crippen LogP contribution in [0.3, 0.4) is 0 Å². The van der Waals surface area contributed by atoms with Crippen molar-refractivity contribution in [2.75, 3.05) is 13.1 Å². The van der Waals surface area contributed by atoms with Gasteiger partial charge >= 0.3 is 0 Å². The van der Waals surface area contributed by atoms with Crippen LogP contribution in [0.5, 0.6) is 0 Å². The van der Waals surface area contributed by atoms with Gasteiger partial charge in [-0.25, -0.2) is 0 Å². The maximum atomic E-state index is 15.0. The number of nitrogens with zero attached hydrogens (tertiary/aromatic N) is 1. The molecule has 8 fully saturated rings. The summed E-state index contributed by atoms with van der Waals surface area (Å²) in [5.74, 6) is 5.64. The van der Waals surface area contributed by atoms with Crippen molar-refractivity contribution >= 4 is 11.7 Å². The van der Waals surface area contributed by atoms with Crippen LogP contribution < -0.4 is 0 Å². The first kappa shape index (κ1) is 34.2. The Morgan fingerprint density at radius 1 is 0.708 bits per heavy atom. The fourth-order valence-corrected chi connectivity index (χ4v) is 15.9. The monoisotopic (exact) mass is 662 g/mol. The summed E-state index contributed by atoms with van der Waals surface area (Å²) in [6.07, 6.45) is 18.7. The Labute approximate surface area is 293 Å². The number of likely N-dealkylation sites (tertiary alicyclic amines) is 1. The van der Waals surface area contributed by atoms with E-state index in [1.807, 2.05) is 0 Å². The highest BCUT2D eigenvalue weighted by atomic mass is 16.3. The number of piperidine rings is 1. The Morgan fingerprint density at radius 2 is 1.40 bits per heavy atom. The van der Waals surface area contributed by atoms with Crippen LogP contribution in [0, 0.1) is 85.8 Å². The maximum Gasteiger partial charge on any atom is 0.226 e. The van der Waals surface area contributed by atoms with Gasteiger partial charge in [0, 0.05) is 31.3 Å². The van der Waals surface area contributed by atoms with E-state index in [0.29, 0.717) is 53.1 Å². The number of ketones is 1. The number of carbonyl (C=O) groups is 2. The van der Waals surface area contributed by atoms with Gasteiger partial charge in [0.2, 0.25) is 5.91 Å². The van der Waals surface area contributed by atoms with Crippen LogP contribution in [0.1, 0.15) is 158 Å². The number of aliphatic hydroxyl groups excluding tert-OH is 1. The Balaban J connectivity index is 1.08. The van der Waals surface area contributed by atoms with E-state index in [1.165, 1.54) is 57.8 Å². The van der Waals surface area contributed by atoms with Gasteiger partial charge in [0.05, 0.1) is 6.10 Å². The normalized spacial score (nSPS) is 51.4. The molecule has 270 valence electrons. The molecule has 8 aliphatic rings. The number of aliphatic hydroxyl groups is 1. The summed E-state index contributed by atoms with van der Waals surface area (Å²) < 4.78 is 0. The lowest BCUT2D eigenvalue weighted by Crippen LogP contribution is -2.67. The van der Waals surface area contributed by atoms with Crippen molar-refractivity contribution in [1.82, 2.24) is 4.90 Å². The molecule has 1 saturated heterocycles. The number of hydrogen-bond acceptors (Lipinski definition) is 3. The van der Waals surface area contributed by atoms with Crippen molar-refractivity contribution in [3.8, 4) is 0 Å². The molecule has 4 heteroatoms. The zero-order chi connectivity index (χ0) is 34.2. The second-order valence-electron chi connectivity index (χ2n) is 21.8. The van der Waals surface area contributed by atoms with E-state index in [0.717, 1.165) is 63.5 Å². The third kappa shape index (κ3) is 4.60. The zero-order valence-electron chi connectivity index (χ0n) is 32.2. The number of amides is 1. The first-order valence-electron chi connectivity index (χ1n) is 21.0. The van der Waals surface area contributed by atoms with Crippen LogP contribution >= 0.6 is 0 Å². The number of carbonyl (C=O) groups excluding carboxylic acids is 2. The first-order valence-corrected chi connectivity index (χ1v) is 21.0. The lowest BCUT2D eigenvalue weighted by atomic mass is 9.32. The molecule has 0 spiro atoms. The quantitative estimate of drug-likeness (QED) is 0.319. The minimum absolute atomic E-state index is 0.0256. The molecule has 8 rings (SSSR count).